The maximum absolute atomic E-state index is 9.56. The van der Waals surface area contributed by atoms with Crippen LogP contribution < -0.4 is 0 Å². The fourth-order valence-corrected chi connectivity index (χ4v) is 1.62. The van der Waals surface area contributed by atoms with E-state index in [-0.39, 0.29) is 5.88 Å². The van der Waals surface area contributed by atoms with Crippen molar-refractivity contribution in [2.45, 2.75) is 6.10 Å². The van der Waals surface area contributed by atoms with Crippen molar-refractivity contribution in [2.24, 2.45) is 0 Å². The standard InChI is InChI=1S/C10H10ClNO/c11-5-10(13)8-6-12-9-4-2-1-3-7(8)9/h1-4,6,10,12-13H,5H2. The Balaban J connectivity index is 2.57. The molecule has 0 saturated carbocycles. The Morgan fingerprint density at radius 2 is 2.15 bits per heavy atom. The van der Waals surface area contributed by atoms with E-state index in [0.29, 0.717) is 0 Å². The number of rotatable bonds is 2. The SMILES string of the molecule is OC(CCl)c1c[nH]c2ccccc12. The van der Waals surface area contributed by atoms with E-state index in [4.69, 9.17) is 11.6 Å². The zero-order valence-corrected chi connectivity index (χ0v) is 7.75. The Kier molecular flexibility index (Phi) is 2.25. The van der Waals surface area contributed by atoms with Gasteiger partial charge in [-0.25, -0.2) is 0 Å². The van der Waals surface area contributed by atoms with Gasteiger partial charge in [0.25, 0.3) is 0 Å². The van der Waals surface area contributed by atoms with Gasteiger partial charge < -0.3 is 10.1 Å². The number of nitrogens with one attached hydrogen (secondary N) is 1. The van der Waals surface area contributed by atoms with Crippen LogP contribution in [0.3, 0.4) is 0 Å². The Morgan fingerprint density at radius 3 is 2.92 bits per heavy atom. The van der Waals surface area contributed by atoms with Crippen LogP contribution in [0.4, 0.5) is 0 Å². The van der Waals surface area contributed by atoms with Gasteiger partial charge in [-0.15, -0.1) is 11.6 Å². The summed E-state index contributed by atoms with van der Waals surface area (Å²) in [7, 11) is 0. The van der Waals surface area contributed by atoms with Crippen molar-refractivity contribution in [3.63, 3.8) is 0 Å². The highest BCUT2D eigenvalue weighted by molar-refractivity contribution is 6.18. The van der Waals surface area contributed by atoms with Gasteiger partial charge in [0.05, 0.1) is 12.0 Å². The average molecular weight is 196 g/mol. The molecule has 68 valence electrons. The highest BCUT2D eigenvalue weighted by atomic mass is 35.5. The van der Waals surface area contributed by atoms with Crippen molar-refractivity contribution < 1.29 is 5.11 Å². The first-order valence-electron chi connectivity index (χ1n) is 4.13. The van der Waals surface area contributed by atoms with E-state index in [0.717, 1.165) is 16.5 Å². The third-order valence-electron chi connectivity index (χ3n) is 2.13. The summed E-state index contributed by atoms with van der Waals surface area (Å²) in [6, 6.07) is 7.84. The number of hydrogen-bond donors (Lipinski definition) is 2. The molecule has 1 unspecified atom stereocenters. The summed E-state index contributed by atoms with van der Waals surface area (Å²) in [5.41, 5.74) is 1.90. The molecule has 2 N–H and O–H groups in total. The molecule has 2 aromatic rings. The van der Waals surface area contributed by atoms with Gasteiger partial charge in [0.15, 0.2) is 0 Å². The first-order chi connectivity index (χ1) is 6.33. The maximum Gasteiger partial charge on any atom is 0.0945 e. The Morgan fingerprint density at radius 1 is 1.38 bits per heavy atom. The quantitative estimate of drug-likeness (QED) is 0.710. The highest BCUT2D eigenvalue weighted by Crippen LogP contribution is 2.24. The molecule has 0 aliphatic carbocycles. The van der Waals surface area contributed by atoms with Gasteiger partial charge in [0, 0.05) is 22.7 Å². The molecule has 2 nitrogen and oxygen atoms in total. The molecule has 0 bridgehead atoms. The first kappa shape index (κ1) is 8.60. The van der Waals surface area contributed by atoms with E-state index in [2.05, 4.69) is 4.98 Å². The predicted molar refractivity (Wildman–Crippen MR) is 54.0 cm³/mol. The monoisotopic (exact) mass is 195 g/mol. The van der Waals surface area contributed by atoms with Crippen molar-refractivity contribution >= 4 is 22.5 Å². The Labute approximate surface area is 81.1 Å². The summed E-state index contributed by atoms with van der Waals surface area (Å²) < 4.78 is 0. The summed E-state index contributed by atoms with van der Waals surface area (Å²) in [6.07, 6.45) is 1.22. The maximum atomic E-state index is 9.56. The normalized spacial score (nSPS) is 13.4. The molecule has 1 aromatic heterocycles. The molecule has 0 aliphatic rings. The molecule has 0 fully saturated rings. The summed E-state index contributed by atoms with van der Waals surface area (Å²) in [4.78, 5) is 3.08. The van der Waals surface area contributed by atoms with E-state index in [9.17, 15) is 5.11 Å². The lowest BCUT2D eigenvalue weighted by Gasteiger charge is -2.03. The number of aromatic nitrogens is 1. The largest absolute Gasteiger partial charge is 0.387 e. The number of alkyl halides is 1. The molecule has 0 radical (unpaired) electrons. The van der Waals surface area contributed by atoms with Gasteiger partial charge in [-0.1, -0.05) is 18.2 Å². The number of aliphatic hydroxyl groups is 1. The third kappa shape index (κ3) is 1.43. The van der Waals surface area contributed by atoms with Gasteiger partial charge in [-0.05, 0) is 6.07 Å². The van der Waals surface area contributed by atoms with Crippen LogP contribution in [0.1, 0.15) is 11.7 Å². The van der Waals surface area contributed by atoms with Crippen molar-refractivity contribution in [1.29, 1.82) is 0 Å². The number of para-hydroxylation sites is 1. The number of H-pyrrole nitrogens is 1. The van der Waals surface area contributed by atoms with E-state index >= 15 is 0 Å². The zero-order valence-electron chi connectivity index (χ0n) is 7.00. The van der Waals surface area contributed by atoms with Crippen molar-refractivity contribution in [3.05, 3.63) is 36.0 Å². The fraction of sp³-hybridized carbons (Fsp3) is 0.200. The van der Waals surface area contributed by atoms with E-state index < -0.39 is 6.10 Å². The van der Waals surface area contributed by atoms with Crippen molar-refractivity contribution in [3.8, 4) is 0 Å². The number of benzene rings is 1. The smallest absolute Gasteiger partial charge is 0.0945 e. The molecule has 3 heteroatoms. The highest BCUT2D eigenvalue weighted by Gasteiger charge is 2.10. The van der Waals surface area contributed by atoms with Crippen LogP contribution in [0.25, 0.3) is 10.9 Å². The number of hydrogen-bond acceptors (Lipinski definition) is 1. The molecular formula is C10H10ClNO. The molecular weight excluding hydrogens is 186 g/mol. The molecule has 1 aromatic carbocycles. The van der Waals surface area contributed by atoms with Crippen LogP contribution in [0.5, 0.6) is 0 Å². The Hall–Kier alpha value is -0.990. The molecule has 2 rings (SSSR count). The zero-order chi connectivity index (χ0) is 9.26. The topological polar surface area (TPSA) is 36.0 Å². The van der Waals surface area contributed by atoms with Crippen molar-refractivity contribution in [2.75, 3.05) is 5.88 Å². The van der Waals surface area contributed by atoms with Crippen LogP contribution in [-0.2, 0) is 0 Å². The van der Waals surface area contributed by atoms with Crippen LogP contribution in [-0.4, -0.2) is 16.0 Å². The summed E-state index contributed by atoms with van der Waals surface area (Å²) in [5, 5.41) is 10.6. The van der Waals surface area contributed by atoms with Crippen LogP contribution in [0, 0.1) is 0 Å². The second-order valence-corrected chi connectivity index (χ2v) is 3.27. The molecule has 0 saturated heterocycles. The van der Waals surface area contributed by atoms with Gasteiger partial charge in [-0.2, -0.15) is 0 Å². The number of aromatic amines is 1. The van der Waals surface area contributed by atoms with Gasteiger partial charge in [0.2, 0.25) is 0 Å². The average Bonchev–Trinajstić information content (AvgIpc) is 2.60. The minimum atomic E-state index is -0.585. The first-order valence-corrected chi connectivity index (χ1v) is 4.66. The molecule has 1 heterocycles. The molecule has 1 atom stereocenters. The second-order valence-electron chi connectivity index (χ2n) is 2.96. The summed E-state index contributed by atoms with van der Waals surface area (Å²) in [5.74, 6) is 0.224. The van der Waals surface area contributed by atoms with Crippen LogP contribution in [0.15, 0.2) is 30.5 Å². The number of fused-ring (bicyclic) bond motifs is 1. The summed E-state index contributed by atoms with van der Waals surface area (Å²) >= 11 is 5.58. The lowest BCUT2D eigenvalue weighted by atomic mass is 10.1. The minimum Gasteiger partial charge on any atom is -0.387 e. The van der Waals surface area contributed by atoms with E-state index in [1.54, 1.807) is 6.20 Å². The minimum absolute atomic E-state index is 0.224. The Bertz CT molecular complexity index is 410. The van der Waals surface area contributed by atoms with Crippen LogP contribution in [0.2, 0.25) is 0 Å². The predicted octanol–water partition coefficient (Wildman–Crippen LogP) is 2.44. The summed E-state index contributed by atoms with van der Waals surface area (Å²) in [6.45, 7) is 0. The third-order valence-corrected chi connectivity index (χ3v) is 2.42. The number of aliphatic hydroxyl groups excluding tert-OH is 1. The molecule has 0 aliphatic heterocycles. The van der Waals surface area contributed by atoms with Crippen LogP contribution >= 0.6 is 11.6 Å². The molecule has 0 amide bonds. The van der Waals surface area contributed by atoms with E-state index in [1.807, 2.05) is 24.3 Å². The fourth-order valence-electron chi connectivity index (χ4n) is 1.45. The van der Waals surface area contributed by atoms with Crippen molar-refractivity contribution in [1.82, 2.24) is 4.98 Å². The lowest BCUT2D eigenvalue weighted by Crippen LogP contribution is -1.96. The van der Waals surface area contributed by atoms with Gasteiger partial charge in [0.1, 0.15) is 0 Å². The van der Waals surface area contributed by atoms with Gasteiger partial charge >= 0.3 is 0 Å². The second kappa shape index (κ2) is 3.40. The van der Waals surface area contributed by atoms with Gasteiger partial charge in [-0.3, -0.25) is 0 Å². The number of halogens is 1. The lowest BCUT2D eigenvalue weighted by molar-refractivity contribution is 0.204. The molecule has 0 spiro atoms. The molecule has 13 heavy (non-hydrogen) atoms. The van der Waals surface area contributed by atoms with E-state index in [1.165, 1.54) is 0 Å².